The Hall–Kier alpha value is -1.80. The number of primary sulfonamides is 1. The number of alkyl carbamates (subject to hydrolysis) is 1. The van der Waals surface area contributed by atoms with Crippen LogP contribution in [-0.4, -0.2) is 34.3 Å². The zero-order valence-corrected chi connectivity index (χ0v) is 12.9. The Kier molecular flexibility index (Phi) is 6.44. The molecule has 0 aliphatic rings. The molecular weight excluding hydrogens is 296 g/mol. The quantitative estimate of drug-likeness (QED) is 0.730. The van der Waals surface area contributed by atoms with Crippen LogP contribution in [0.2, 0.25) is 0 Å². The number of nitrogens with two attached hydrogens (primary N) is 1. The van der Waals surface area contributed by atoms with E-state index in [0.717, 1.165) is 5.56 Å². The molecule has 0 aliphatic heterocycles. The van der Waals surface area contributed by atoms with Gasteiger partial charge in [-0.2, -0.15) is 0 Å². The molecule has 7 nitrogen and oxygen atoms in total. The van der Waals surface area contributed by atoms with Gasteiger partial charge in [-0.15, -0.1) is 0 Å². The van der Waals surface area contributed by atoms with Gasteiger partial charge in [0, 0.05) is 0 Å². The topological polar surface area (TPSA) is 108 Å². The largest absolute Gasteiger partial charge is 0.491 e. The molecule has 1 amide bonds. The maximum atomic E-state index is 11.3. The third kappa shape index (κ3) is 5.60. The maximum Gasteiger partial charge on any atom is 0.407 e. The number of hydrogen-bond donors (Lipinski definition) is 2. The molecule has 0 heterocycles. The SMILES string of the molecule is CCOC(=O)NCCOc1ccc(S(N)(=O)=O)cc1CC. The van der Waals surface area contributed by atoms with Crippen molar-refractivity contribution in [3.63, 3.8) is 0 Å². The van der Waals surface area contributed by atoms with Gasteiger partial charge in [0.05, 0.1) is 18.0 Å². The molecular formula is C13H20N2O5S. The summed E-state index contributed by atoms with van der Waals surface area (Å²) in [7, 11) is -3.72. The summed E-state index contributed by atoms with van der Waals surface area (Å²) in [5.74, 6) is 0.565. The Morgan fingerprint density at radius 2 is 2.05 bits per heavy atom. The van der Waals surface area contributed by atoms with Crippen LogP contribution >= 0.6 is 0 Å². The Balaban J connectivity index is 2.62. The summed E-state index contributed by atoms with van der Waals surface area (Å²) >= 11 is 0. The van der Waals surface area contributed by atoms with Crippen LogP contribution < -0.4 is 15.2 Å². The summed E-state index contributed by atoms with van der Waals surface area (Å²) in [4.78, 5) is 11.1. The molecule has 0 unspecified atom stereocenters. The van der Waals surface area contributed by atoms with E-state index in [1.54, 1.807) is 13.0 Å². The Morgan fingerprint density at radius 1 is 1.33 bits per heavy atom. The third-order valence-corrected chi connectivity index (χ3v) is 3.56. The van der Waals surface area contributed by atoms with E-state index in [0.29, 0.717) is 25.3 Å². The Bertz CT molecular complexity index is 586. The van der Waals surface area contributed by atoms with Gasteiger partial charge >= 0.3 is 6.09 Å². The highest BCUT2D eigenvalue weighted by atomic mass is 32.2. The smallest absolute Gasteiger partial charge is 0.407 e. The number of carbonyl (C=O) groups is 1. The molecule has 0 spiro atoms. The first-order valence-corrected chi connectivity index (χ1v) is 8.12. The third-order valence-electron chi connectivity index (χ3n) is 2.65. The fraction of sp³-hybridized carbons (Fsp3) is 0.462. The maximum absolute atomic E-state index is 11.3. The predicted octanol–water partition coefficient (Wildman–Crippen LogP) is 1.02. The van der Waals surface area contributed by atoms with Gasteiger partial charge in [-0.3, -0.25) is 0 Å². The van der Waals surface area contributed by atoms with Crippen LogP contribution in [0.3, 0.4) is 0 Å². The van der Waals surface area contributed by atoms with Crippen LogP contribution in [0.1, 0.15) is 19.4 Å². The number of ether oxygens (including phenoxy) is 2. The number of carbonyl (C=O) groups excluding carboxylic acids is 1. The molecule has 0 aliphatic carbocycles. The van der Waals surface area contributed by atoms with Gasteiger partial charge in [0.2, 0.25) is 10.0 Å². The number of rotatable bonds is 7. The summed E-state index contributed by atoms with van der Waals surface area (Å²) in [5.41, 5.74) is 0.734. The Labute approximate surface area is 124 Å². The lowest BCUT2D eigenvalue weighted by molar-refractivity contribution is 0.150. The van der Waals surface area contributed by atoms with Crippen LogP contribution in [0, 0.1) is 0 Å². The van der Waals surface area contributed by atoms with Crippen LogP contribution in [0.15, 0.2) is 23.1 Å². The summed E-state index contributed by atoms with van der Waals surface area (Å²) in [6.07, 6.45) is 0.102. The first-order valence-electron chi connectivity index (χ1n) is 6.57. The first-order chi connectivity index (χ1) is 9.88. The van der Waals surface area contributed by atoms with Gasteiger partial charge in [-0.1, -0.05) is 6.92 Å². The molecule has 1 aromatic carbocycles. The molecule has 0 radical (unpaired) electrons. The molecule has 1 rings (SSSR count). The lowest BCUT2D eigenvalue weighted by Crippen LogP contribution is -2.28. The van der Waals surface area contributed by atoms with Crippen molar-refractivity contribution in [1.29, 1.82) is 0 Å². The van der Waals surface area contributed by atoms with E-state index in [9.17, 15) is 13.2 Å². The summed E-state index contributed by atoms with van der Waals surface area (Å²) < 4.78 is 32.8. The summed E-state index contributed by atoms with van der Waals surface area (Å²) in [6, 6.07) is 4.44. The summed E-state index contributed by atoms with van der Waals surface area (Å²) in [6.45, 7) is 4.45. The second-order valence-electron chi connectivity index (χ2n) is 4.16. The molecule has 3 N–H and O–H groups in total. The highest BCUT2D eigenvalue weighted by Gasteiger charge is 2.11. The monoisotopic (exact) mass is 316 g/mol. The van der Waals surface area contributed by atoms with Crippen LogP contribution in [0.5, 0.6) is 5.75 Å². The zero-order chi connectivity index (χ0) is 15.9. The normalized spacial score (nSPS) is 11.0. The Morgan fingerprint density at radius 3 is 2.62 bits per heavy atom. The minimum absolute atomic E-state index is 0.0522. The van der Waals surface area contributed by atoms with E-state index >= 15 is 0 Å². The average molecular weight is 316 g/mol. The minimum atomic E-state index is -3.72. The molecule has 0 saturated heterocycles. The highest BCUT2D eigenvalue weighted by molar-refractivity contribution is 7.89. The van der Waals surface area contributed by atoms with E-state index in [2.05, 4.69) is 5.32 Å². The molecule has 0 aromatic heterocycles. The van der Waals surface area contributed by atoms with E-state index < -0.39 is 16.1 Å². The van der Waals surface area contributed by atoms with Crippen LogP contribution in [0.4, 0.5) is 4.79 Å². The van der Waals surface area contributed by atoms with E-state index in [-0.39, 0.29) is 11.5 Å². The average Bonchev–Trinajstić information content (AvgIpc) is 2.42. The van der Waals surface area contributed by atoms with Crippen molar-refractivity contribution in [2.45, 2.75) is 25.2 Å². The molecule has 0 fully saturated rings. The van der Waals surface area contributed by atoms with Crippen molar-refractivity contribution in [2.24, 2.45) is 5.14 Å². The second-order valence-corrected chi connectivity index (χ2v) is 5.73. The number of aryl methyl sites for hydroxylation is 1. The van der Waals surface area contributed by atoms with E-state index in [1.807, 2.05) is 6.92 Å². The van der Waals surface area contributed by atoms with E-state index in [4.69, 9.17) is 14.6 Å². The van der Waals surface area contributed by atoms with Gasteiger partial charge in [0.25, 0.3) is 0 Å². The molecule has 8 heteroatoms. The highest BCUT2D eigenvalue weighted by Crippen LogP contribution is 2.22. The molecule has 0 saturated carbocycles. The number of amides is 1. The van der Waals surface area contributed by atoms with Crippen molar-refractivity contribution in [3.05, 3.63) is 23.8 Å². The molecule has 1 aromatic rings. The van der Waals surface area contributed by atoms with Gasteiger partial charge in [-0.25, -0.2) is 18.4 Å². The lowest BCUT2D eigenvalue weighted by atomic mass is 10.1. The standard InChI is InChI=1S/C13H20N2O5S/c1-3-10-9-11(21(14,17)18)5-6-12(10)20-8-7-15-13(16)19-4-2/h5-6,9H,3-4,7-8H2,1-2H3,(H,15,16)(H2,14,17,18). The predicted molar refractivity (Wildman–Crippen MR) is 77.7 cm³/mol. The van der Waals surface area contributed by atoms with Crippen molar-refractivity contribution in [2.75, 3.05) is 19.8 Å². The number of nitrogens with one attached hydrogen (secondary N) is 1. The molecule has 118 valence electrons. The van der Waals surface area contributed by atoms with Crippen LogP contribution in [0.25, 0.3) is 0 Å². The number of hydrogen-bond acceptors (Lipinski definition) is 5. The first kappa shape index (κ1) is 17.3. The van der Waals surface area contributed by atoms with Crippen molar-refractivity contribution >= 4 is 16.1 Å². The fourth-order valence-electron chi connectivity index (χ4n) is 1.65. The molecule has 21 heavy (non-hydrogen) atoms. The molecule has 0 atom stereocenters. The fourth-order valence-corrected chi connectivity index (χ4v) is 2.21. The number of sulfonamides is 1. The van der Waals surface area contributed by atoms with Crippen molar-refractivity contribution < 1.29 is 22.7 Å². The summed E-state index contributed by atoms with van der Waals surface area (Å²) in [5, 5.41) is 7.61. The van der Waals surface area contributed by atoms with Crippen molar-refractivity contribution in [1.82, 2.24) is 5.32 Å². The number of benzene rings is 1. The van der Waals surface area contributed by atoms with Gasteiger partial charge in [-0.05, 0) is 37.1 Å². The lowest BCUT2D eigenvalue weighted by Gasteiger charge is -2.12. The van der Waals surface area contributed by atoms with Crippen molar-refractivity contribution in [3.8, 4) is 5.75 Å². The molecule has 0 bridgehead atoms. The van der Waals surface area contributed by atoms with Gasteiger partial charge < -0.3 is 14.8 Å². The minimum Gasteiger partial charge on any atom is -0.491 e. The second kappa shape index (κ2) is 7.84. The van der Waals surface area contributed by atoms with Gasteiger partial charge in [0.1, 0.15) is 12.4 Å². The van der Waals surface area contributed by atoms with Gasteiger partial charge in [0.15, 0.2) is 0 Å². The zero-order valence-electron chi connectivity index (χ0n) is 12.1. The van der Waals surface area contributed by atoms with Crippen LogP contribution in [-0.2, 0) is 21.2 Å². The van der Waals surface area contributed by atoms with E-state index in [1.165, 1.54) is 12.1 Å².